The molecule has 2 aromatic heterocycles. The molecule has 0 radical (unpaired) electrons. The molecule has 1 fully saturated rings. The van der Waals surface area contributed by atoms with Crippen LogP contribution in [0.3, 0.4) is 0 Å². The molecule has 0 amide bonds. The van der Waals surface area contributed by atoms with Crippen molar-refractivity contribution in [3.8, 4) is 5.95 Å². The number of nitrogens with zero attached hydrogens (tertiary/aromatic N) is 7. The zero-order valence-electron chi connectivity index (χ0n) is 10.8. The van der Waals surface area contributed by atoms with E-state index in [0.717, 1.165) is 19.0 Å². The minimum Gasteiger partial charge on any atom is -0.368 e. The van der Waals surface area contributed by atoms with Gasteiger partial charge in [-0.05, 0) is 25.7 Å². The monoisotopic (exact) mass is 260 g/mol. The Balaban J connectivity index is 1.91. The van der Waals surface area contributed by atoms with E-state index in [9.17, 15) is 0 Å². The molecule has 0 spiro atoms. The summed E-state index contributed by atoms with van der Waals surface area (Å²) in [5.74, 6) is 1.96. The van der Waals surface area contributed by atoms with E-state index in [4.69, 9.17) is 5.73 Å². The first-order valence-corrected chi connectivity index (χ1v) is 6.37. The smallest absolute Gasteiger partial charge is 0.258 e. The van der Waals surface area contributed by atoms with E-state index in [2.05, 4.69) is 36.9 Å². The lowest BCUT2D eigenvalue weighted by Gasteiger charge is -2.20. The molecular weight excluding hydrogens is 244 g/mol. The molecule has 2 aromatic rings. The quantitative estimate of drug-likeness (QED) is 0.823. The van der Waals surface area contributed by atoms with Crippen molar-refractivity contribution in [2.75, 3.05) is 23.7 Å². The van der Waals surface area contributed by atoms with E-state index in [0.29, 0.717) is 11.9 Å². The molecule has 8 nitrogen and oxygen atoms in total. The normalized spacial score (nSPS) is 14.6. The number of anilines is 2. The summed E-state index contributed by atoms with van der Waals surface area (Å²) in [6, 6.07) is 0. The van der Waals surface area contributed by atoms with E-state index >= 15 is 0 Å². The maximum Gasteiger partial charge on any atom is 0.258 e. The predicted molar refractivity (Wildman–Crippen MR) is 69.8 cm³/mol. The van der Waals surface area contributed by atoms with Crippen LogP contribution in [0, 0.1) is 5.92 Å². The number of nitrogen functional groups attached to an aromatic ring is 1. The van der Waals surface area contributed by atoms with Gasteiger partial charge in [-0.25, -0.2) is 4.98 Å². The number of nitrogens with two attached hydrogens (primary N) is 1. The number of hydrogen-bond donors (Lipinski definition) is 1. The van der Waals surface area contributed by atoms with Crippen molar-refractivity contribution in [1.29, 1.82) is 0 Å². The maximum absolute atomic E-state index is 5.75. The molecule has 3 rings (SSSR count). The van der Waals surface area contributed by atoms with Gasteiger partial charge in [-0.3, -0.25) is 0 Å². The van der Waals surface area contributed by atoms with E-state index in [1.54, 1.807) is 0 Å². The highest BCUT2D eigenvalue weighted by molar-refractivity contribution is 5.37. The molecule has 1 aliphatic rings. The summed E-state index contributed by atoms with van der Waals surface area (Å²) in [5.41, 5.74) is 5.75. The highest BCUT2D eigenvalue weighted by Gasteiger charge is 2.25. The van der Waals surface area contributed by atoms with Gasteiger partial charge < -0.3 is 10.6 Å². The summed E-state index contributed by atoms with van der Waals surface area (Å²) in [7, 11) is 0. The third-order valence-corrected chi connectivity index (χ3v) is 3.09. The van der Waals surface area contributed by atoms with E-state index in [1.807, 2.05) is 0 Å². The Kier molecular flexibility index (Phi) is 2.98. The van der Waals surface area contributed by atoms with Crippen LogP contribution in [0.4, 0.5) is 11.9 Å². The largest absolute Gasteiger partial charge is 0.368 e. The molecule has 100 valence electrons. The highest BCUT2D eigenvalue weighted by Crippen LogP contribution is 2.30. The molecular formula is C11H16N8. The van der Waals surface area contributed by atoms with Crippen LogP contribution in [0.2, 0.25) is 0 Å². The van der Waals surface area contributed by atoms with Crippen molar-refractivity contribution in [2.24, 2.45) is 5.92 Å². The van der Waals surface area contributed by atoms with Gasteiger partial charge in [-0.15, -0.1) is 0 Å². The van der Waals surface area contributed by atoms with Gasteiger partial charge in [0.05, 0.1) is 0 Å². The zero-order valence-corrected chi connectivity index (χ0v) is 10.8. The van der Waals surface area contributed by atoms with Crippen LogP contribution in [0.1, 0.15) is 19.8 Å². The molecule has 19 heavy (non-hydrogen) atoms. The Morgan fingerprint density at radius 1 is 1.37 bits per heavy atom. The Hall–Kier alpha value is -2.25. The molecule has 0 atom stereocenters. The lowest BCUT2D eigenvalue weighted by Crippen LogP contribution is -2.28. The van der Waals surface area contributed by atoms with Gasteiger partial charge in [0.1, 0.15) is 12.7 Å². The standard InChI is InChI=1S/C11H16N8/c1-2-18(5-8-3-4-8)10-15-9(12)16-11(17-10)19-7-13-6-14-19/h6-8H,2-5H2,1H3,(H2,12,15,16,17). The maximum atomic E-state index is 5.75. The molecule has 0 unspecified atom stereocenters. The van der Waals surface area contributed by atoms with Crippen LogP contribution in [0.15, 0.2) is 12.7 Å². The Morgan fingerprint density at radius 2 is 2.21 bits per heavy atom. The van der Waals surface area contributed by atoms with Gasteiger partial charge in [0, 0.05) is 13.1 Å². The predicted octanol–water partition coefficient (Wildman–Crippen LogP) is 0.271. The van der Waals surface area contributed by atoms with Crippen molar-refractivity contribution < 1.29 is 0 Å². The number of rotatable bonds is 5. The average molecular weight is 260 g/mol. The van der Waals surface area contributed by atoms with Gasteiger partial charge in [0.15, 0.2) is 0 Å². The van der Waals surface area contributed by atoms with Crippen molar-refractivity contribution in [2.45, 2.75) is 19.8 Å². The molecule has 1 aliphatic carbocycles. The lowest BCUT2D eigenvalue weighted by atomic mass is 10.4. The van der Waals surface area contributed by atoms with Crippen molar-refractivity contribution in [1.82, 2.24) is 29.7 Å². The molecule has 1 saturated carbocycles. The van der Waals surface area contributed by atoms with Gasteiger partial charge in [-0.2, -0.15) is 24.7 Å². The van der Waals surface area contributed by atoms with E-state index in [1.165, 1.54) is 30.2 Å². The zero-order chi connectivity index (χ0) is 13.2. The van der Waals surface area contributed by atoms with Crippen LogP contribution >= 0.6 is 0 Å². The summed E-state index contributed by atoms with van der Waals surface area (Å²) in [6.45, 7) is 3.89. The molecule has 0 bridgehead atoms. The van der Waals surface area contributed by atoms with Crippen LogP contribution in [-0.2, 0) is 0 Å². The van der Waals surface area contributed by atoms with Crippen LogP contribution in [0.5, 0.6) is 0 Å². The first kappa shape index (κ1) is 11.8. The minimum atomic E-state index is 0.199. The van der Waals surface area contributed by atoms with Gasteiger partial charge in [-0.1, -0.05) is 0 Å². The molecule has 2 N–H and O–H groups in total. The van der Waals surface area contributed by atoms with E-state index in [-0.39, 0.29) is 5.95 Å². The summed E-state index contributed by atoms with van der Waals surface area (Å²) >= 11 is 0. The Morgan fingerprint density at radius 3 is 2.84 bits per heavy atom. The topological polar surface area (TPSA) is 98.6 Å². The van der Waals surface area contributed by atoms with Crippen molar-refractivity contribution >= 4 is 11.9 Å². The second-order valence-corrected chi connectivity index (χ2v) is 4.62. The number of aromatic nitrogens is 6. The molecule has 0 aromatic carbocycles. The van der Waals surface area contributed by atoms with Crippen molar-refractivity contribution in [3.05, 3.63) is 12.7 Å². The Bertz CT molecular complexity index is 548. The van der Waals surface area contributed by atoms with Crippen molar-refractivity contribution in [3.63, 3.8) is 0 Å². The summed E-state index contributed by atoms with van der Waals surface area (Å²) in [6.07, 6.45) is 5.54. The lowest BCUT2D eigenvalue weighted by molar-refractivity contribution is 0.706. The summed E-state index contributed by atoms with van der Waals surface area (Å²) in [5, 5.41) is 4.01. The molecule has 0 saturated heterocycles. The molecule has 0 aliphatic heterocycles. The molecule has 2 heterocycles. The third-order valence-electron chi connectivity index (χ3n) is 3.09. The third kappa shape index (κ3) is 2.61. The molecule has 8 heteroatoms. The van der Waals surface area contributed by atoms with Gasteiger partial charge in [0.2, 0.25) is 11.9 Å². The Labute approximate surface area is 110 Å². The van der Waals surface area contributed by atoms with Crippen LogP contribution < -0.4 is 10.6 Å². The van der Waals surface area contributed by atoms with Crippen LogP contribution in [0.25, 0.3) is 5.95 Å². The fraction of sp³-hybridized carbons (Fsp3) is 0.545. The van der Waals surface area contributed by atoms with Gasteiger partial charge >= 0.3 is 0 Å². The summed E-state index contributed by atoms with van der Waals surface area (Å²) in [4.78, 5) is 18.7. The fourth-order valence-corrected chi connectivity index (χ4v) is 1.89. The highest BCUT2D eigenvalue weighted by atomic mass is 15.4. The summed E-state index contributed by atoms with van der Waals surface area (Å²) < 4.78 is 1.48. The second-order valence-electron chi connectivity index (χ2n) is 4.62. The second kappa shape index (κ2) is 4.79. The first-order chi connectivity index (χ1) is 9.26. The van der Waals surface area contributed by atoms with Gasteiger partial charge in [0.25, 0.3) is 5.95 Å². The number of hydrogen-bond acceptors (Lipinski definition) is 7. The fourth-order valence-electron chi connectivity index (χ4n) is 1.89. The van der Waals surface area contributed by atoms with E-state index < -0.39 is 0 Å². The SMILES string of the molecule is CCN(CC1CC1)c1nc(N)nc(-n2cncn2)n1. The first-order valence-electron chi connectivity index (χ1n) is 6.37. The average Bonchev–Trinajstić information content (AvgIpc) is 3.05. The minimum absolute atomic E-state index is 0.199. The van der Waals surface area contributed by atoms with Crippen LogP contribution in [-0.4, -0.2) is 42.8 Å².